The van der Waals surface area contributed by atoms with Crippen molar-refractivity contribution in [3.63, 3.8) is 0 Å². The maximum absolute atomic E-state index is 12.1. The Morgan fingerprint density at radius 2 is 2.50 bits per heavy atom. The van der Waals surface area contributed by atoms with Crippen LogP contribution in [0.15, 0.2) is 6.20 Å². The molecule has 0 radical (unpaired) electrons. The molecule has 3 N–H and O–H groups in total. The van der Waals surface area contributed by atoms with Crippen LogP contribution in [-0.4, -0.2) is 34.9 Å². The summed E-state index contributed by atoms with van der Waals surface area (Å²) < 4.78 is 7.07. The first-order valence-corrected chi connectivity index (χ1v) is 6.34. The van der Waals surface area contributed by atoms with E-state index in [1.165, 1.54) is 6.20 Å². The largest absolute Gasteiger partial charge is 0.396 e. The topological polar surface area (TPSA) is 82.2 Å². The Morgan fingerprint density at radius 1 is 1.72 bits per heavy atom. The van der Waals surface area contributed by atoms with E-state index < -0.39 is 0 Å². The molecule has 0 spiro atoms. The highest BCUT2D eigenvalue weighted by molar-refractivity contribution is 5.97. The Labute approximate surface area is 106 Å². The summed E-state index contributed by atoms with van der Waals surface area (Å²) in [6.07, 6.45) is 2.71. The number of anilines is 1. The number of nitrogen functional groups attached to an aromatic ring is 1. The minimum Gasteiger partial charge on any atom is -0.396 e. The van der Waals surface area contributed by atoms with E-state index in [1.54, 1.807) is 4.68 Å². The minimum atomic E-state index is -0.161. The van der Waals surface area contributed by atoms with Crippen LogP contribution in [0, 0.1) is 5.92 Å². The fraction of sp³-hybridized carbons (Fsp3) is 0.667. The number of hydrogen-bond donors (Lipinski definition) is 2. The normalized spacial score (nSPS) is 23.2. The van der Waals surface area contributed by atoms with Crippen LogP contribution in [0.2, 0.25) is 0 Å². The van der Waals surface area contributed by atoms with Crippen molar-refractivity contribution in [1.29, 1.82) is 0 Å². The van der Waals surface area contributed by atoms with Crippen molar-refractivity contribution < 1.29 is 9.53 Å². The summed E-state index contributed by atoms with van der Waals surface area (Å²) in [6, 6.07) is 0. The van der Waals surface area contributed by atoms with Gasteiger partial charge in [0.05, 0.1) is 18.0 Å². The number of rotatable bonds is 4. The maximum atomic E-state index is 12.1. The van der Waals surface area contributed by atoms with E-state index >= 15 is 0 Å². The molecule has 2 unspecified atom stereocenters. The van der Waals surface area contributed by atoms with Crippen molar-refractivity contribution in [2.75, 3.05) is 18.9 Å². The van der Waals surface area contributed by atoms with Gasteiger partial charge in [-0.15, -0.1) is 0 Å². The first-order valence-electron chi connectivity index (χ1n) is 6.34. The van der Waals surface area contributed by atoms with E-state index in [1.807, 2.05) is 13.8 Å². The Hall–Kier alpha value is -1.56. The molecule has 1 fully saturated rings. The van der Waals surface area contributed by atoms with Gasteiger partial charge < -0.3 is 15.8 Å². The lowest BCUT2D eigenvalue weighted by atomic mass is 10.0. The maximum Gasteiger partial charge on any atom is 0.271 e. The van der Waals surface area contributed by atoms with Crippen molar-refractivity contribution in [3.05, 3.63) is 11.9 Å². The van der Waals surface area contributed by atoms with Gasteiger partial charge in [-0.05, 0) is 20.3 Å². The van der Waals surface area contributed by atoms with Gasteiger partial charge in [-0.3, -0.25) is 9.48 Å². The van der Waals surface area contributed by atoms with Crippen molar-refractivity contribution in [2.45, 2.75) is 32.9 Å². The summed E-state index contributed by atoms with van der Waals surface area (Å²) in [6.45, 7) is 5.98. The zero-order chi connectivity index (χ0) is 13.1. The number of nitrogens with zero attached hydrogens (tertiary/aromatic N) is 2. The molecule has 0 aliphatic carbocycles. The monoisotopic (exact) mass is 252 g/mol. The summed E-state index contributed by atoms with van der Waals surface area (Å²) in [7, 11) is 0. The number of ether oxygens (including phenoxy) is 1. The minimum absolute atomic E-state index is 0.161. The molecular formula is C12H20N4O2. The summed E-state index contributed by atoms with van der Waals surface area (Å²) in [5.74, 6) is 0.221. The van der Waals surface area contributed by atoms with E-state index in [0.29, 0.717) is 30.4 Å². The van der Waals surface area contributed by atoms with Crippen LogP contribution in [0.3, 0.4) is 0 Å². The van der Waals surface area contributed by atoms with Crippen LogP contribution in [0.5, 0.6) is 0 Å². The Morgan fingerprint density at radius 3 is 3.11 bits per heavy atom. The molecule has 6 heteroatoms. The molecule has 6 nitrogen and oxygen atoms in total. The standard InChI is InChI=1S/C12H20N4O2/c1-3-16-11(10(13)7-15-16)12(17)14-6-9-4-5-18-8(9)2/h7-9H,3-6,13H2,1-2H3,(H,14,17). The second kappa shape index (κ2) is 5.39. The lowest BCUT2D eigenvalue weighted by Gasteiger charge is -2.15. The number of amides is 1. The summed E-state index contributed by atoms with van der Waals surface area (Å²) >= 11 is 0. The molecule has 1 aliphatic heterocycles. The Balaban J connectivity index is 1.97. The van der Waals surface area contributed by atoms with Gasteiger partial charge in [-0.25, -0.2) is 0 Å². The average Bonchev–Trinajstić information content (AvgIpc) is 2.92. The smallest absolute Gasteiger partial charge is 0.271 e. The lowest BCUT2D eigenvalue weighted by Crippen LogP contribution is -2.33. The van der Waals surface area contributed by atoms with Gasteiger partial charge in [0, 0.05) is 25.6 Å². The van der Waals surface area contributed by atoms with Crippen LogP contribution in [-0.2, 0) is 11.3 Å². The third kappa shape index (κ3) is 2.48. The molecule has 1 aliphatic rings. The molecule has 1 saturated heterocycles. The van der Waals surface area contributed by atoms with Gasteiger partial charge in [0.15, 0.2) is 0 Å². The zero-order valence-corrected chi connectivity index (χ0v) is 10.8. The second-order valence-corrected chi connectivity index (χ2v) is 4.60. The fourth-order valence-corrected chi connectivity index (χ4v) is 2.24. The van der Waals surface area contributed by atoms with Crippen LogP contribution in [0.1, 0.15) is 30.8 Å². The molecule has 2 heterocycles. The van der Waals surface area contributed by atoms with Crippen LogP contribution < -0.4 is 11.1 Å². The fourth-order valence-electron chi connectivity index (χ4n) is 2.24. The van der Waals surface area contributed by atoms with Gasteiger partial charge in [0.1, 0.15) is 5.69 Å². The quantitative estimate of drug-likeness (QED) is 0.824. The van der Waals surface area contributed by atoms with Gasteiger partial charge in [0.25, 0.3) is 5.91 Å². The number of aromatic nitrogens is 2. The number of carbonyl (C=O) groups is 1. The van der Waals surface area contributed by atoms with E-state index in [9.17, 15) is 4.79 Å². The SMILES string of the molecule is CCn1ncc(N)c1C(=O)NCC1CCOC1C. The number of hydrogen-bond acceptors (Lipinski definition) is 4. The third-order valence-corrected chi connectivity index (χ3v) is 3.44. The predicted octanol–water partition coefficient (Wildman–Crippen LogP) is 0.640. The van der Waals surface area contributed by atoms with Crippen molar-refractivity contribution in [3.8, 4) is 0 Å². The van der Waals surface area contributed by atoms with Crippen molar-refractivity contribution in [2.24, 2.45) is 5.92 Å². The molecule has 2 atom stereocenters. The lowest BCUT2D eigenvalue weighted by molar-refractivity contribution is 0.0899. The molecule has 18 heavy (non-hydrogen) atoms. The molecule has 0 saturated carbocycles. The van der Waals surface area contributed by atoms with Crippen molar-refractivity contribution in [1.82, 2.24) is 15.1 Å². The second-order valence-electron chi connectivity index (χ2n) is 4.60. The van der Waals surface area contributed by atoms with Gasteiger partial charge in [-0.1, -0.05) is 0 Å². The molecule has 1 amide bonds. The molecule has 1 aromatic rings. The van der Waals surface area contributed by atoms with Gasteiger partial charge in [-0.2, -0.15) is 5.10 Å². The van der Waals surface area contributed by atoms with Crippen molar-refractivity contribution >= 4 is 11.6 Å². The Bertz CT molecular complexity index is 430. The van der Waals surface area contributed by atoms with E-state index in [2.05, 4.69) is 10.4 Å². The average molecular weight is 252 g/mol. The van der Waals surface area contributed by atoms with Gasteiger partial charge >= 0.3 is 0 Å². The molecule has 2 rings (SSSR count). The highest BCUT2D eigenvalue weighted by Crippen LogP contribution is 2.19. The van der Waals surface area contributed by atoms with Crippen LogP contribution in [0.25, 0.3) is 0 Å². The highest BCUT2D eigenvalue weighted by Gasteiger charge is 2.25. The van der Waals surface area contributed by atoms with Gasteiger partial charge in [0.2, 0.25) is 0 Å². The molecular weight excluding hydrogens is 232 g/mol. The molecule has 1 aromatic heterocycles. The Kier molecular flexibility index (Phi) is 3.86. The van der Waals surface area contributed by atoms with Crippen LogP contribution in [0.4, 0.5) is 5.69 Å². The third-order valence-electron chi connectivity index (χ3n) is 3.44. The first-order chi connectivity index (χ1) is 8.63. The predicted molar refractivity (Wildman–Crippen MR) is 68.2 cm³/mol. The number of carbonyl (C=O) groups excluding carboxylic acids is 1. The van der Waals surface area contributed by atoms with E-state index in [4.69, 9.17) is 10.5 Å². The van der Waals surface area contributed by atoms with E-state index in [0.717, 1.165) is 13.0 Å². The van der Waals surface area contributed by atoms with E-state index in [-0.39, 0.29) is 12.0 Å². The zero-order valence-electron chi connectivity index (χ0n) is 10.8. The summed E-state index contributed by atoms with van der Waals surface area (Å²) in [5, 5.41) is 6.97. The molecule has 0 aromatic carbocycles. The first kappa shape index (κ1) is 12.9. The molecule has 0 bridgehead atoms. The van der Waals surface area contributed by atoms with Crippen LogP contribution >= 0.6 is 0 Å². The number of nitrogens with one attached hydrogen (secondary N) is 1. The number of nitrogens with two attached hydrogens (primary N) is 1. The highest BCUT2D eigenvalue weighted by atomic mass is 16.5. The summed E-state index contributed by atoms with van der Waals surface area (Å²) in [4.78, 5) is 12.1. The molecule has 100 valence electrons. The summed E-state index contributed by atoms with van der Waals surface area (Å²) in [5.41, 5.74) is 6.63. The number of aryl methyl sites for hydroxylation is 1.